The van der Waals surface area contributed by atoms with Crippen molar-refractivity contribution in [3.8, 4) is 0 Å². The maximum atomic E-state index is 10.5. The van der Waals surface area contributed by atoms with E-state index in [2.05, 4.69) is 0 Å². The van der Waals surface area contributed by atoms with Crippen LogP contribution in [0.3, 0.4) is 0 Å². The second kappa shape index (κ2) is 4.16. The van der Waals surface area contributed by atoms with Crippen LogP contribution in [0.2, 0.25) is 0 Å². The van der Waals surface area contributed by atoms with Crippen LogP contribution in [0.4, 0.5) is 0 Å². The van der Waals surface area contributed by atoms with Gasteiger partial charge in [0.15, 0.2) is 0 Å². The van der Waals surface area contributed by atoms with E-state index < -0.39 is 14.3 Å². The first kappa shape index (κ1) is 10.2. The summed E-state index contributed by atoms with van der Waals surface area (Å²) >= 11 is 0. The van der Waals surface area contributed by atoms with Crippen LogP contribution in [0.5, 0.6) is 0 Å². The summed E-state index contributed by atoms with van der Waals surface area (Å²) in [6, 6.07) is 0. The van der Waals surface area contributed by atoms with Gasteiger partial charge in [-0.1, -0.05) is 0 Å². The quantitative estimate of drug-likeness (QED) is 0.615. The number of halogens is 1. The van der Waals surface area contributed by atoms with Gasteiger partial charge in [-0.15, -0.1) is 0 Å². The highest BCUT2D eigenvalue weighted by atomic mass is 35.7. The fraction of sp³-hybridized carbons (Fsp3) is 1.00. The molecule has 0 amide bonds. The number of ether oxygens (including phenoxy) is 1. The monoisotopic (exact) mass is 186 g/mol. The zero-order valence-corrected chi connectivity index (χ0v) is 7.57. The van der Waals surface area contributed by atoms with Gasteiger partial charge < -0.3 is 4.74 Å². The van der Waals surface area contributed by atoms with Crippen molar-refractivity contribution in [3.05, 3.63) is 0 Å². The molecule has 1 unspecified atom stereocenters. The third kappa shape index (κ3) is 4.09. The van der Waals surface area contributed by atoms with Gasteiger partial charge >= 0.3 is 0 Å². The minimum atomic E-state index is -3.43. The van der Waals surface area contributed by atoms with Crippen molar-refractivity contribution < 1.29 is 13.2 Å². The molecule has 1 atom stereocenters. The Morgan fingerprint density at radius 1 is 1.60 bits per heavy atom. The summed E-state index contributed by atoms with van der Waals surface area (Å²) in [4.78, 5) is 0. The molecule has 62 valence electrons. The highest BCUT2D eigenvalue weighted by Crippen LogP contribution is 2.06. The van der Waals surface area contributed by atoms with E-state index >= 15 is 0 Å². The van der Waals surface area contributed by atoms with Crippen LogP contribution in [-0.4, -0.2) is 26.9 Å². The highest BCUT2D eigenvalue weighted by molar-refractivity contribution is 8.14. The normalized spacial score (nSPS) is 15.1. The fourth-order valence-corrected chi connectivity index (χ4v) is 0.778. The standard InChI is InChI=1S/C5H11ClO3S/c1-3-9-4-5(2)10(6,7)8/h5H,3-4H2,1-2H3. The molecule has 0 aliphatic carbocycles. The van der Waals surface area contributed by atoms with E-state index in [1.165, 1.54) is 6.92 Å². The first-order valence-electron chi connectivity index (χ1n) is 2.99. The molecular formula is C5H11ClO3S. The lowest BCUT2D eigenvalue weighted by atomic mass is 10.5. The van der Waals surface area contributed by atoms with Gasteiger partial charge in [0.05, 0.1) is 11.9 Å². The van der Waals surface area contributed by atoms with E-state index in [1.807, 2.05) is 0 Å². The predicted molar refractivity (Wildman–Crippen MR) is 40.7 cm³/mol. The Morgan fingerprint density at radius 3 is 2.40 bits per heavy atom. The maximum Gasteiger partial charge on any atom is 0.237 e. The van der Waals surface area contributed by atoms with E-state index in [-0.39, 0.29) is 6.61 Å². The van der Waals surface area contributed by atoms with Crippen molar-refractivity contribution in [2.45, 2.75) is 19.1 Å². The molecule has 0 rings (SSSR count). The summed E-state index contributed by atoms with van der Waals surface area (Å²) in [6.07, 6.45) is 0. The van der Waals surface area contributed by atoms with E-state index in [4.69, 9.17) is 15.4 Å². The second-order valence-corrected chi connectivity index (χ2v) is 4.99. The van der Waals surface area contributed by atoms with Gasteiger partial charge in [-0.05, 0) is 13.8 Å². The molecule has 0 aromatic carbocycles. The third-order valence-electron chi connectivity index (χ3n) is 1.04. The lowest BCUT2D eigenvalue weighted by Gasteiger charge is -2.05. The zero-order chi connectivity index (χ0) is 8.20. The summed E-state index contributed by atoms with van der Waals surface area (Å²) in [6.45, 7) is 3.99. The average molecular weight is 187 g/mol. The molecule has 0 aliphatic rings. The smallest absolute Gasteiger partial charge is 0.237 e. The molecular weight excluding hydrogens is 176 g/mol. The van der Waals surface area contributed by atoms with Crippen molar-refractivity contribution in [3.63, 3.8) is 0 Å². The van der Waals surface area contributed by atoms with Crippen LogP contribution in [0.1, 0.15) is 13.8 Å². The first-order valence-corrected chi connectivity index (χ1v) is 5.37. The van der Waals surface area contributed by atoms with Gasteiger partial charge in [-0.2, -0.15) is 0 Å². The maximum absolute atomic E-state index is 10.5. The Balaban J connectivity index is 3.75. The van der Waals surface area contributed by atoms with Crippen LogP contribution < -0.4 is 0 Å². The minimum Gasteiger partial charge on any atom is -0.380 e. The van der Waals surface area contributed by atoms with Crippen molar-refractivity contribution in [2.24, 2.45) is 0 Å². The first-order chi connectivity index (χ1) is 4.48. The molecule has 0 aliphatic heterocycles. The lowest BCUT2D eigenvalue weighted by molar-refractivity contribution is 0.150. The SMILES string of the molecule is CCOCC(C)S(=O)(=O)Cl. The average Bonchev–Trinajstić information content (AvgIpc) is 1.80. The Bertz CT molecular complexity index is 175. The van der Waals surface area contributed by atoms with E-state index in [0.717, 1.165) is 0 Å². The topological polar surface area (TPSA) is 43.4 Å². The Hall–Kier alpha value is 0.200. The van der Waals surface area contributed by atoms with Gasteiger partial charge in [0.25, 0.3) is 0 Å². The van der Waals surface area contributed by atoms with Crippen LogP contribution in [-0.2, 0) is 13.8 Å². The molecule has 0 heterocycles. The number of hydrogen-bond acceptors (Lipinski definition) is 3. The summed E-state index contributed by atoms with van der Waals surface area (Å²) in [5, 5.41) is -0.617. The largest absolute Gasteiger partial charge is 0.380 e. The summed E-state index contributed by atoms with van der Waals surface area (Å²) < 4.78 is 25.9. The van der Waals surface area contributed by atoms with Gasteiger partial charge in [0, 0.05) is 17.3 Å². The van der Waals surface area contributed by atoms with E-state index in [1.54, 1.807) is 6.92 Å². The molecule has 0 radical (unpaired) electrons. The third-order valence-corrected chi connectivity index (χ3v) is 3.05. The van der Waals surface area contributed by atoms with E-state index in [9.17, 15) is 8.42 Å². The molecule has 10 heavy (non-hydrogen) atoms. The summed E-state index contributed by atoms with van der Waals surface area (Å²) in [5.74, 6) is 0. The lowest BCUT2D eigenvalue weighted by Crippen LogP contribution is -2.18. The van der Waals surface area contributed by atoms with Crippen LogP contribution >= 0.6 is 10.7 Å². The molecule has 0 spiro atoms. The molecule has 0 aromatic rings. The van der Waals surface area contributed by atoms with Crippen molar-refractivity contribution >= 4 is 19.7 Å². The molecule has 0 saturated heterocycles. The van der Waals surface area contributed by atoms with Crippen molar-refractivity contribution in [2.75, 3.05) is 13.2 Å². The fourth-order valence-electron chi connectivity index (χ4n) is 0.365. The van der Waals surface area contributed by atoms with Gasteiger partial charge in [-0.3, -0.25) is 0 Å². The minimum absolute atomic E-state index is 0.169. The highest BCUT2D eigenvalue weighted by Gasteiger charge is 2.16. The molecule has 0 aromatic heterocycles. The van der Waals surface area contributed by atoms with Crippen molar-refractivity contribution in [1.82, 2.24) is 0 Å². The molecule has 0 saturated carbocycles. The summed E-state index contributed by atoms with van der Waals surface area (Å²) in [7, 11) is 1.58. The number of hydrogen-bond donors (Lipinski definition) is 0. The van der Waals surface area contributed by atoms with Gasteiger partial charge in [0.2, 0.25) is 9.05 Å². The van der Waals surface area contributed by atoms with Crippen molar-refractivity contribution in [1.29, 1.82) is 0 Å². The Kier molecular flexibility index (Phi) is 4.24. The summed E-state index contributed by atoms with van der Waals surface area (Å²) in [5.41, 5.74) is 0. The molecule has 0 fully saturated rings. The van der Waals surface area contributed by atoms with Crippen LogP contribution in [0.25, 0.3) is 0 Å². The molecule has 0 N–H and O–H groups in total. The van der Waals surface area contributed by atoms with E-state index in [0.29, 0.717) is 6.61 Å². The number of rotatable bonds is 4. The molecule has 5 heteroatoms. The zero-order valence-electron chi connectivity index (χ0n) is 6.00. The van der Waals surface area contributed by atoms with Gasteiger partial charge in [0.1, 0.15) is 0 Å². The van der Waals surface area contributed by atoms with Gasteiger partial charge in [-0.25, -0.2) is 8.42 Å². The second-order valence-electron chi connectivity index (χ2n) is 1.95. The predicted octanol–water partition coefficient (Wildman–Crippen LogP) is 0.980. The molecule has 3 nitrogen and oxygen atoms in total. The van der Waals surface area contributed by atoms with Crippen LogP contribution in [0, 0.1) is 0 Å². The Morgan fingerprint density at radius 2 is 2.10 bits per heavy atom. The van der Waals surface area contributed by atoms with Crippen LogP contribution in [0.15, 0.2) is 0 Å². The molecule has 0 bridgehead atoms. The Labute approximate surface area is 65.7 Å².